The lowest BCUT2D eigenvalue weighted by Crippen LogP contribution is -1.89. The van der Waals surface area contributed by atoms with Crippen LogP contribution in [0.5, 0.6) is 5.75 Å². The normalized spacial score (nSPS) is 11.3. The van der Waals surface area contributed by atoms with Gasteiger partial charge in [-0.3, -0.25) is 20.1 Å². The number of pyridine rings is 3. The minimum absolute atomic E-state index is 0.382. The standard InChI is InChI=1S/C25H17FN6O/c1-33-17-8-15(7-16(26)9-17)24-18-11-22(30-20(18)4-6-28-24)25-19-10-21(14-3-2-5-27-12-14)29-13-23(19)31-32-25/h2-13,30H,1H3,(H,31,32). The first kappa shape index (κ1) is 19.1. The molecule has 0 atom stereocenters. The Morgan fingerprint density at radius 3 is 2.61 bits per heavy atom. The number of ether oxygens (including phenoxy) is 1. The highest BCUT2D eigenvalue weighted by Gasteiger charge is 2.16. The fraction of sp³-hybridized carbons (Fsp3) is 0.0400. The van der Waals surface area contributed by atoms with Crippen molar-refractivity contribution in [2.24, 2.45) is 0 Å². The number of methoxy groups -OCH3 is 1. The molecule has 0 unspecified atom stereocenters. The lowest BCUT2D eigenvalue weighted by Gasteiger charge is -2.06. The van der Waals surface area contributed by atoms with Gasteiger partial charge in [0.1, 0.15) is 17.3 Å². The molecule has 33 heavy (non-hydrogen) atoms. The molecule has 0 saturated carbocycles. The fourth-order valence-electron chi connectivity index (χ4n) is 4.02. The van der Waals surface area contributed by atoms with Crippen LogP contribution in [0.4, 0.5) is 4.39 Å². The van der Waals surface area contributed by atoms with Gasteiger partial charge in [0.2, 0.25) is 0 Å². The number of benzene rings is 1. The van der Waals surface area contributed by atoms with Crippen LogP contribution in [0.15, 0.2) is 73.3 Å². The zero-order valence-electron chi connectivity index (χ0n) is 17.5. The quantitative estimate of drug-likeness (QED) is 0.387. The molecule has 1 aromatic carbocycles. The van der Waals surface area contributed by atoms with Crippen LogP contribution in [-0.4, -0.2) is 37.2 Å². The number of nitrogens with one attached hydrogen (secondary N) is 2. The summed E-state index contributed by atoms with van der Waals surface area (Å²) < 4.78 is 19.4. The van der Waals surface area contributed by atoms with E-state index in [1.165, 1.54) is 19.2 Å². The summed E-state index contributed by atoms with van der Waals surface area (Å²) >= 11 is 0. The van der Waals surface area contributed by atoms with Crippen molar-refractivity contribution in [2.45, 2.75) is 0 Å². The Hall–Kier alpha value is -4.59. The smallest absolute Gasteiger partial charge is 0.127 e. The predicted octanol–water partition coefficient (Wildman–Crippen LogP) is 5.38. The van der Waals surface area contributed by atoms with Crippen molar-refractivity contribution in [3.8, 4) is 39.7 Å². The molecule has 7 nitrogen and oxygen atoms in total. The molecule has 0 fully saturated rings. The van der Waals surface area contributed by atoms with Gasteiger partial charge in [-0.05, 0) is 42.5 Å². The maximum Gasteiger partial charge on any atom is 0.127 e. The van der Waals surface area contributed by atoms with E-state index in [0.717, 1.165) is 44.5 Å². The zero-order chi connectivity index (χ0) is 22.4. The van der Waals surface area contributed by atoms with Crippen molar-refractivity contribution in [2.75, 3.05) is 7.11 Å². The van der Waals surface area contributed by atoms with E-state index in [-0.39, 0.29) is 5.82 Å². The van der Waals surface area contributed by atoms with Gasteiger partial charge in [-0.1, -0.05) is 0 Å². The molecular formula is C25H17FN6O. The maximum absolute atomic E-state index is 14.1. The van der Waals surface area contributed by atoms with Gasteiger partial charge in [-0.15, -0.1) is 0 Å². The molecule has 8 heteroatoms. The summed E-state index contributed by atoms with van der Waals surface area (Å²) in [4.78, 5) is 16.6. The molecule has 0 amide bonds. The van der Waals surface area contributed by atoms with Gasteiger partial charge in [-0.2, -0.15) is 5.10 Å². The van der Waals surface area contributed by atoms with Crippen molar-refractivity contribution < 1.29 is 9.13 Å². The SMILES string of the molecule is COc1cc(F)cc(-c2nccc3[nH]c(-c4n[nH]c5cnc(-c6cccnc6)cc45)cc23)c1. The van der Waals surface area contributed by atoms with Crippen LogP contribution in [0.3, 0.4) is 0 Å². The van der Waals surface area contributed by atoms with Crippen LogP contribution in [-0.2, 0) is 0 Å². The van der Waals surface area contributed by atoms with Crippen molar-refractivity contribution in [3.05, 3.63) is 79.1 Å². The third kappa shape index (κ3) is 3.28. The van der Waals surface area contributed by atoms with E-state index in [2.05, 4.69) is 30.1 Å². The summed E-state index contributed by atoms with van der Waals surface area (Å²) in [6.45, 7) is 0. The number of halogens is 1. The molecule has 0 aliphatic carbocycles. The molecule has 0 saturated heterocycles. The lowest BCUT2D eigenvalue weighted by molar-refractivity contribution is 0.411. The highest BCUT2D eigenvalue weighted by atomic mass is 19.1. The van der Waals surface area contributed by atoms with Crippen LogP contribution in [0, 0.1) is 5.82 Å². The van der Waals surface area contributed by atoms with Gasteiger partial charge in [0, 0.05) is 52.1 Å². The molecule has 0 aliphatic rings. The molecular weight excluding hydrogens is 419 g/mol. The van der Waals surface area contributed by atoms with Gasteiger partial charge in [0.05, 0.1) is 35.9 Å². The number of aromatic amines is 2. The molecule has 5 aromatic heterocycles. The Morgan fingerprint density at radius 2 is 1.76 bits per heavy atom. The molecule has 2 N–H and O–H groups in total. The molecule has 5 heterocycles. The van der Waals surface area contributed by atoms with Crippen LogP contribution in [0.2, 0.25) is 0 Å². The first-order valence-corrected chi connectivity index (χ1v) is 10.3. The van der Waals surface area contributed by atoms with E-state index in [0.29, 0.717) is 17.0 Å². The Bertz CT molecular complexity index is 1620. The number of H-pyrrole nitrogens is 2. The first-order valence-electron chi connectivity index (χ1n) is 10.3. The molecule has 0 radical (unpaired) electrons. The Morgan fingerprint density at radius 1 is 0.848 bits per heavy atom. The van der Waals surface area contributed by atoms with Gasteiger partial charge in [0.25, 0.3) is 0 Å². The second kappa shape index (κ2) is 7.52. The van der Waals surface area contributed by atoms with Crippen LogP contribution >= 0.6 is 0 Å². The number of fused-ring (bicyclic) bond motifs is 2. The van der Waals surface area contributed by atoms with Crippen molar-refractivity contribution in [3.63, 3.8) is 0 Å². The molecule has 0 aliphatic heterocycles. The van der Waals surface area contributed by atoms with Crippen LogP contribution in [0.25, 0.3) is 55.7 Å². The highest BCUT2D eigenvalue weighted by Crippen LogP contribution is 2.34. The fourth-order valence-corrected chi connectivity index (χ4v) is 4.02. The van der Waals surface area contributed by atoms with Crippen molar-refractivity contribution >= 4 is 21.8 Å². The average molecular weight is 436 g/mol. The number of aromatic nitrogens is 6. The first-order chi connectivity index (χ1) is 16.2. The topological polar surface area (TPSA) is 92.4 Å². The Balaban J connectivity index is 1.50. The molecule has 160 valence electrons. The highest BCUT2D eigenvalue weighted by molar-refractivity contribution is 6.00. The number of hydrogen-bond donors (Lipinski definition) is 2. The zero-order valence-corrected chi connectivity index (χ0v) is 17.5. The number of rotatable bonds is 4. The van der Waals surface area contributed by atoms with Crippen LogP contribution in [0.1, 0.15) is 0 Å². The third-order valence-electron chi connectivity index (χ3n) is 5.59. The van der Waals surface area contributed by atoms with E-state index in [1.807, 2.05) is 30.3 Å². The number of hydrogen-bond acceptors (Lipinski definition) is 5. The van der Waals surface area contributed by atoms with Gasteiger partial charge in [-0.25, -0.2) is 4.39 Å². The van der Waals surface area contributed by atoms with E-state index < -0.39 is 0 Å². The second-order valence-electron chi connectivity index (χ2n) is 7.61. The average Bonchev–Trinajstić information content (AvgIpc) is 3.47. The van der Waals surface area contributed by atoms with E-state index in [1.54, 1.807) is 30.9 Å². The third-order valence-corrected chi connectivity index (χ3v) is 5.59. The summed E-state index contributed by atoms with van der Waals surface area (Å²) in [7, 11) is 1.51. The van der Waals surface area contributed by atoms with Gasteiger partial charge >= 0.3 is 0 Å². The lowest BCUT2D eigenvalue weighted by atomic mass is 10.1. The summed E-state index contributed by atoms with van der Waals surface area (Å²) in [5, 5.41) is 9.36. The molecule has 6 aromatic rings. The van der Waals surface area contributed by atoms with E-state index >= 15 is 0 Å². The molecule has 6 rings (SSSR count). The van der Waals surface area contributed by atoms with E-state index in [4.69, 9.17) is 4.74 Å². The van der Waals surface area contributed by atoms with Gasteiger partial charge in [0.15, 0.2) is 0 Å². The monoisotopic (exact) mass is 436 g/mol. The summed E-state index contributed by atoms with van der Waals surface area (Å²) in [6, 6.07) is 14.3. The van der Waals surface area contributed by atoms with E-state index in [9.17, 15) is 4.39 Å². The number of nitrogens with zero attached hydrogens (tertiary/aromatic N) is 4. The van der Waals surface area contributed by atoms with Gasteiger partial charge < -0.3 is 9.72 Å². The minimum atomic E-state index is -0.382. The molecule has 0 spiro atoms. The maximum atomic E-state index is 14.1. The van der Waals surface area contributed by atoms with Crippen molar-refractivity contribution in [1.29, 1.82) is 0 Å². The largest absolute Gasteiger partial charge is 0.497 e. The predicted molar refractivity (Wildman–Crippen MR) is 124 cm³/mol. The second-order valence-corrected chi connectivity index (χ2v) is 7.61. The summed E-state index contributed by atoms with van der Waals surface area (Å²) in [6.07, 6.45) is 6.98. The summed E-state index contributed by atoms with van der Waals surface area (Å²) in [5.74, 6) is 0.0564. The van der Waals surface area contributed by atoms with Crippen LogP contribution < -0.4 is 4.74 Å². The Kier molecular flexibility index (Phi) is 4.36. The minimum Gasteiger partial charge on any atom is -0.497 e. The summed E-state index contributed by atoms with van der Waals surface area (Å²) in [5.41, 5.74) is 6.30. The Labute approximate surface area is 187 Å². The molecule has 0 bridgehead atoms. The van der Waals surface area contributed by atoms with Crippen molar-refractivity contribution in [1.82, 2.24) is 30.1 Å².